The van der Waals surface area contributed by atoms with Crippen LogP contribution in [-0.4, -0.2) is 19.5 Å². The zero-order valence-electron chi connectivity index (χ0n) is 10.0. The lowest BCUT2D eigenvalue weighted by atomic mass is 10.1. The summed E-state index contributed by atoms with van der Waals surface area (Å²) in [5.74, 6) is 0.132. The average molecular weight is 276 g/mol. The average Bonchev–Trinajstić information content (AvgIpc) is 2.63. The molecule has 0 radical (unpaired) electrons. The lowest BCUT2D eigenvalue weighted by Gasteiger charge is -2.07. The molecule has 0 saturated heterocycles. The van der Waals surface area contributed by atoms with E-state index in [0.29, 0.717) is 5.69 Å². The van der Waals surface area contributed by atoms with Crippen molar-refractivity contribution >= 4 is 22.4 Å². The van der Waals surface area contributed by atoms with Crippen LogP contribution in [0.5, 0.6) is 5.75 Å². The van der Waals surface area contributed by atoms with Crippen molar-refractivity contribution in [1.29, 1.82) is 0 Å². The number of aromatic hydroxyl groups is 1. The van der Waals surface area contributed by atoms with Crippen molar-refractivity contribution in [2.45, 2.75) is 0 Å². The number of nitrogens with zero attached hydrogens (tertiary/aromatic N) is 3. The maximum absolute atomic E-state index is 12.0. The topological polar surface area (TPSA) is 60.1 Å². The Labute approximate surface area is 113 Å². The van der Waals surface area contributed by atoms with Crippen molar-refractivity contribution in [3.8, 4) is 11.4 Å². The molecule has 0 aliphatic rings. The zero-order valence-corrected chi connectivity index (χ0v) is 10.8. The molecule has 0 unspecified atom stereocenters. The molecule has 3 aromatic rings. The van der Waals surface area contributed by atoms with Gasteiger partial charge in [0.05, 0.1) is 5.69 Å². The normalized spacial score (nSPS) is 11.1. The molecule has 0 bridgehead atoms. The highest BCUT2D eigenvalue weighted by Gasteiger charge is 2.13. The summed E-state index contributed by atoms with van der Waals surface area (Å²) in [5.41, 5.74) is 0.261. The Bertz CT molecular complexity index is 836. The molecule has 5 nitrogen and oxygen atoms in total. The van der Waals surface area contributed by atoms with Crippen LogP contribution in [0.4, 0.5) is 0 Å². The molecular formula is C13H10ClN3O2. The van der Waals surface area contributed by atoms with Gasteiger partial charge in [0.15, 0.2) is 0 Å². The van der Waals surface area contributed by atoms with Gasteiger partial charge in [0.1, 0.15) is 5.75 Å². The minimum atomic E-state index is -0.333. The van der Waals surface area contributed by atoms with Crippen LogP contribution in [0.15, 0.2) is 41.2 Å². The number of phenols is 1. The van der Waals surface area contributed by atoms with Crippen molar-refractivity contribution in [3.63, 3.8) is 0 Å². The summed E-state index contributed by atoms with van der Waals surface area (Å²) in [6.07, 6.45) is 0. The second-order valence-corrected chi connectivity index (χ2v) is 4.53. The SMILES string of the molecule is Cn1nc(Cl)n(-c2cccc3ccc(O)cc23)c1=O. The molecule has 0 aliphatic carbocycles. The van der Waals surface area contributed by atoms with E-state index >= 15 is 0 Å². The van der Waals surface area contributed by atoms with E-state index in [1.807, 2.05) is 12.1 Å². The van der Waals surface area contributed by atoms with E-state index < -0.39 is 0 Å². The van der Waals surface area contributed by atoms with Crippen molar-refractivity contribution in [3.05, 3.63) is 52.2 Å². The Morgan fingerprint density at radius 3 is 2.74 bits per heavy atom. The van der Waals surface area contributed by atoms with Gasteiger partial charge in [0.2, 0.25) is 5.28 Å². The molecule has 0 aliphatic heterocycles. The van der Waals surface area contributed by atoms with Gasteiger partial charge >= 0.3 is 5.69 Å². The van der Waals surface area contributed by atoms with Gasteiger partial charge in [-0.15, -0.1) is 5.10 Å². The first-order valence-corrected chi connectivity index (χ1v) is 5.99. The van der Waals surface area contributed by atoms with Gasteiger partial charge in [0, 0.05) is 12.4 Å². The molecule has 1 heterocycles. The fourth-order valence-corrected chi connectivity index (χ4v) is 2.35. The number of hydrogen-bond donors (Lipinski definition) is 1. The van der Waals surface area contributed by atoms with Crippen LogP contribution >= 0.6 is 11.6 Å². The van der Waals surface area contributed by atoms with Crippen LogP contribution in [0.2, 0.25) is 5.28 Å². The first-order valence-electron chi connectivity index (χ1n) is 5.61. The van der Waals surface area contributed by atoms with Crippen molar-refractivity contribution in [2.75, 3.05) is 0 Å². The minimum Gasteiger partial charge on any atom is -0.508 e. The molecule has 2 aromatic carbocycles. The molecule has 19 heavy (non-hydrogen) atoms. The highest BCUT2D eigenvalue weighted by molar-refractivity contribution is 6.28. The van der Waals surface area contributed by atoms with E-state index in [2.05, 4.69) is 5.10 Å². The summed E-state index contributed by atoms with van der Waals surface area (Å²) in [6, 6.07) is 10.5. The summed E-state index contributed by atoms with van der Waals surface area (Å²) in [4.78, 5) is 12.0. The summed E-state index contributed by atoms with van der Waals surface area (Å²) in [6.45, 7) is 0. The van der Waals surface area contributed by atoms with E-state index in [1.165, 1.54) is 16.3 Å². The molecule has 96 valence electrons. The third-order valence-electron chi connectivity index (χ3n) is 2.97. The van der Waals surface area contributed by atoms with E-state index in [1.54, 1.807) is 24.3 Å². The van der Waals surface area contributed by atoms with Gasteiger partial charge in [0.25, 0.3) is 0 Å². The highest BCUT2D eigenvalue weighted by Crippen LogP contribution is 2.26. The predicted octanol–water partition coefficient (Wildman–Crippen LogP) is 2.08. The van der Waals surface area contributed by atoms with Crippen molar-refractivity contribution < 1.29 is 5.11 Å². The number of fused-ring (bicyclic) bond motifs is 1. The number of rotatable bonds is 1. The number of aryl methyl sites for hydroxylation is 1. The van der Waals surface area contributed by atoms with Gasteiger partial charge in [-0.2, -0.15) is 0 Å². The zero-order chi connectivity index (χ0) is 13.6. The fourth-order valence-electron chi connectivity index (χ4n) is 2.08. The van der Waals surface area contributed by atoms with Crippen LogP contribution in [0.25, 0.3) is 16.5 Å². The van der Waals surface area contributed by atoms with Gasteiger partial charge < -0.3 is 5.11 Å². The molecule has 1 aromatic heterocycles. The van der Waals surface area contributed by atoms with E-state index in [0.717, 1.165) is 10.8 Å². The molecule has 1 N–H and O–H groups in total. The Morgan fingerprint density at radius 2 is 2.05 bits per heavy atom. The first-order chi connectivity index (χ1) is 9.08. The predicted molar refractivity (Wildman–Crippen MR) is 73.0 cm³/mol. The van der Waals surface area contributed by atoms with Gasteiger partial charge in [-0.05, 0) is 35.2 Å². The fraction of sp³-hybridized carbons (Fsp3) is 0.0769. The number of halogens is 1. The number of hydrogen-bond acceptors (Lipinski definition) is 3. The lowest BCUT2D eigenvalue weighted by Crippen LogP contribution is -2.21. The highest BCUT2D eigenvalue weighted by atomic mass is 35.5. The second kappa shape index (κ2) is 4.13. The standard InChI is InChI=1S/C13H10ClN3O2/c1-16-13(19)17(12(14)15-16)11-4-2-3-8-5-6-9(18)7-10(8)11/h2-7,18H,1H3. The first kappa shape index (κ1) is 11.8. The largest absolute Gasteiger partial charge is 0.508 e. The molecule has 0 fully saturated rings. The van der Waals surface area contributed by atoms with Crippen molar-refractivity contribution in [1.82, 2.24) is 14.3 Å². The molecule has 0 amide bonds. The van der Waals surface area contributed by atoms with E-state index in [9.17, 15) is 9.90 Å². The number of benzene rings is 2. The van der Waals surface area contributed by atoms with Crippen LogP contribution in [0.3, 0.4) is 0 Å². The third kappa shape index (κ3) is 1.79. The van der Waals surface area contributed by atoms with E-state index in [-0.39, 0.29) is 16.7 Å². The van der Waals surface area contributed by atoms with Crippen molar-refractivity contribution in [2.24, 2.45) is 7.05 Å². The van der Waals surface area contributed by atoms with E-state index in [4.69, 9.17) is 11.6 Å². The van der Waals surface area contributed by atoms with Gasteiger partial charge in [-0.25, -0.2) is 14.0 Å². The van der Waals surface area contributed by atoms with Crippen LogP contribution < -0.4 is 5.69 Å². The maximum Gasteiger partial charge on any atom is 0.351 e. The smallest absolute Gasteiger partial charge is 0.351 e. The van der Waals surface area contributed by atoms with Crippen LogP contribution in [0, 0.1) is 0 Å². The Balaban J connectivity index is 2.43. The molecule has 0 saturated carbocycles. The molecular weight excluding hydrogens is 266 g/mol. The monoisotopic (exact) mass is 275 g/mol. The Hall–Kier alpha value is -2.27. The van der Waals surface area contributed by atoms with Crippen LogP contribution in [-0.2, 0) is 7.05 Å². The summed E-state index contributed by atoms with van der Waals surface area (Å²) in [5, 5.41) is 15.2. The molecule has 0 spiro atoms. The Morgan fingerprint density at radius 1 is 1.26 bits per heavy atom. The minimum absolute atomic E-state index is 0.0864. The molecule has 6 heteroatoms. The Kier molecular flexibility index (Phi) is 2.57. The third-order valence-corrected chi connectivity index (χ3v) is 3.21. The lowest BCUT2D eigenvalue weighted by molar-refractivity contribution is 0.476. The summed E-state index contributed by atoms with van der Waals surface area (Å²) in [7, 11) is 1.54. The quantitative estimate of drug-likeness (QED) is 0.740. The number of aromatic nitrogens is 3. The van der Waals surface area contributed by atoms with Gasteiger partial charge in [-0.1, -0.05) is 18.2 Å². The molecule has 3 rings (SSSR count). The second-order valence-electron chi connectivity index (χ2n) is 4.19. The van der Waals surface area contributed by atoms with Crippen LogP contribution in [0.1, 0.15) is 0 Å². The summed E-state index contributed by atoms with van der Waals surface area (Å²) >= 11 is 5.99. The van der Waals surface area contributed by atoms with Gasteiger partial charge in [-0.3, -0.25) is 0 Å². The maximum atomic E-state index is 12.0. The number of phenolic OH excluding ortho intramolecular Hbond substituents is 1. The molecule has 0 atom stereocenters. The summed E-state index contributed by atoms with van der Waals surface area (Å²) < 4.78 is 2.48.